The quantitative estimate of drug-likeness (QED) is 0.165. The number of imidazole rings is 1. The molecule has 1 unspecified atom stereocenters. The number of hydrogen-bond acceptors (Lipinski definition) is 10. The summed E-state index contributed by atoms with van der Waals surface area (Å²) >= 11 is 0. The van der Waals surface area contributed by atoms with Crippen LogP contribution in [0.4, 0.5) is 5.82 Å². The van der Waals surface area contributed by atoms with Crippen molar-refractivity contribution in [1.82, 2.24) is 19.5 Å². The van der Waals surface area contributed by atoms with Crippen molar-refractivity contribution in [3.8, 4) is 11.5 Å². The Morgan fingerprint density at radius 3 is 1.96 bits per heavy atom. The number of carbonyl (C=O) groups is 1. The van der Waals surface area contributed by atoms with Gasteiger partial charge in [0.2, 0.25) is 0 Å². The predicted octanol–water partition coefficient (Wildman–Crippen LogP) is 4.72. The molecule has 0 saturated carbocycles. The molecule has 1 fully saturated rings. The average molecular weight is 674 g/mol. The number of methoxy groups -OCH3 is 2. The number of rotatable bonds is 11. The lowest BCUT2D eigenvalue weighted by atomic mass is 9.80. The van der Waals surface area contributed by atoms with Gasteiger partial charge in [0, 0.05) is 5.56 Å². The van der Waals surface area contributed by atoms with Gasteiger partial charge in [0.1, 0.15) is 41.7 Å². The molecule has 0 spiro atoms. The molecule has 4 atom stereocenters. The zero-order valence-corrected chi connectivity index (χ0v) is 27.3. The second-order valence-electron chi connectivity index (χ2n) is 11.7. The van der Waals surface area contributed by atoms with Gasteiger partial charge in [0.15, 0.2) is 23.2 Å². The number of anilines is 1. The molecule has 4 aromatic carbocycles. The van der Waals surface area contributed by atoms with Crippen LogP contribution in [-0.4, -0.2) is 74.8 Å². The number of benzene rings is 4. The van der Waals surface area contributed by atoms with E-state index in [1.54, 1.807) is 38.5 Å². The number of carbonyl (C=O) groups excluding carboxylic acids is 1. The SMILES string of the molecule is COc1ccc(C(OC[C@H]2O[C@@H](n3cnc4c(NC(=O)c5ccccc5)ncnc43)[C@@H](O)C2O)(c2ccccc2)c2ccc(OC)cc2)cc1. The fraction of sp³-hybridized carbons (Fsp3) is 0.211. The normalized spacial score (nSPS) is 19.0. The highest BCUT2D eigenvalue weighted by Crippen LogP contribution is 2.43. The van der Waals surface area contributed by atoms with Crippen molar-refractivity contribution in [2.45, 2.75) is 30.1 Å². The summed E-state index contributed by atoms with van der Waals surface area (Å²) in [6.07, 6.45) is -1.97. The minimum absolute atomic E-state index is 0.109. The highest BCUT2D eigenvalue weighted by molar-refractivity contribution is 6.06. The molecule has 0 radical (unpaired) electrons. The summed E-state index contributed by atoms with van der Waals surface area (Å²) in [6, 6.07) is 33.7. The van der Waals surface area contributed by atoms with Crippen molar-refractivity contribution >= 4 is 22.9 Å². The minimum atomic E-state index is -1.36. The van der Waals surface area contributed by atoms with Gasteiger partial charge in [-0.3, -0.25) is 9.36 Å². The molecule has 1 aliphatic rings. The second kappa shape index (κ2) is 14.1. The summed E-state index contributed by atoms with van der Waals surface area (Å²) in [5.74, 6) is 1.21. The van der Waals surface area contributed by atoms with Gasteiger partial charge in [0.25, 0.3) is 5.91 Å². The summed E-state index contributed by atoms with van der Waals surface area (Å²) in [4.78, 5) is 25.9. The number of nitrogens with one attached hydrogen (secondary N) is 1. The molecule has 0 bridgehead atoms. The van der Waals surface area contributed by atoms with Crippen LogP contribution in [0.1, 0.15) is 33.3 Å². The molecule has 50 heavy (non-hydrogen) atoms. The van der Waals surface area contributed by atoms with Gasteiger partial charge >= 0.3 is 0 Å². The molecule has 3 N–H and O–H groups in total. The highest BCUT2D eigenvalue weighted by atomic mass is 16.6. The van der Waals surface area contributed by atoms with Crippen LogP contribution in [0.25, 0.3) is 11.2 Å². The molecular formula is C38H35N5O7. The zero-order chi connectivity index (χ0) is 34.7. The third-order valence-corrected chi connectivity index (χ3v) is 8.88. The van der Waals surface area contributed by atoms with Crippen molar-refractivity contribution in [3.05, 3.63) is 144 Å². The Kier molecular flexibility index (Phi) is 9.24. The number of hydrogen-bond donors (Lipinski definition) is 3. The number of amides is 1. The largest absolute Gasteiger partial charge is 0.497 e. The topological polar surface area (TPSA) is 150 Å². The van der Waals surface area contributed by atoms with Crippen molar-refractivity contribution in [3.63, 3.8) is 0 Å². The van der Waals surface area contributed by atoms with E-state index < -0.39 is 30.1 Å². The predicted molar refractivity (Wildman–Crippen MR) is 184 cm³/mol. The summed E-state index contributed by atoms with van der Waals surface area (Å²) in [5.41, 5.74) is 2.34. The number of aliphatic hydroxyl groups excluding tert-OH is 2. The first-order valence-corrected chi connectivity index (χ1v) is 16.0. The van der Waals surface area contributed by atoms with Gasteiger partial charge < -0.3 is 34.5 Å². The number of aromatic nitrogens is 4. The minimum Gasteiger partial charge on any atom is -0.497 e. The zero-order valence-electron chi connectivity index (χ0n) is 27.3. The van der Waals surface area contributed by atoms with Crippen LogP contribution in [0.2, 0.25) is 0 Å². The van der Waals surface area contributed by atoms with Crippen molar-refractivity contribution in [1.29, 1.82) is 0 Å². The fourth-order valence-corrected chi connectivity index (χ4v) is 6.28. The third-order valence-electron chi connectivity index (χ3n) is 8.88. The lowest BCUT2D eigenvalue weighted by molar-refractivity contribution is -0.0942. The smallest absolute Gasteiger partial charge is 0.256 e. The first-order chi connectivity index (χ1) is 24.4. The van der Waals surface area contributed by atoms with Gasteiger partial charge in [-0.2, -0.15) is 0 Å². The first-order valence-electron chi connectivity index (χ1n) is 16.0. The molecule has 1 amide bonds. The molecule has 7 rings (SSSR count). The van der Waals surface area contributed by atoms with E-state index in [0.29, 0.717) is 28.2 Å². The Hall–Kier alpha value is -5.66. The van der Waals surface area contributed by atoms with Gasteiger partial charge in [-0.25, -0.2) is 15.0 Å². The van der Waals surface area contributed by atoms with E-state index in [4.69, 9.17) is 18.9 Å². The number of ether oxygens (including phenoxy) is 4. The van der Waals surface area contributed by atoms with Crippen LogP contribution in [0.3, 0.4) is 0 Å². The van der Waals surface area contributed by atoms with Crippen LogP contribution >= 0.6 is 0 Å². The van der Waals surface area contributed by atoms with Crippen LogP contribution in [0.15, 0.2) is 122 Å². The maximum absolute atomic E-state index is 12.9. The molecule has 254 valence electrons. The summed E-state index contributed by atoms with van der Waals surface area (Å²) < 4.78 is 25.6. The lowest BCUT2D eigenvalue weighted by Gasteiger charge is -2.37. The maximum Gasteiger partial charge on any atom is 0.256 e. The van der Waals surface area contributed by atoms with Crippen molar-refractivity contribution < 1.29 is 34.0 Å². The Morgan fingerprint density at radius 1 is 0.780 bits per heavy atom. The average Bonchev–Trinajstić information content (AvgIpc) is 3.73. The molecule has 12 heteroatoms. The maximum atomic E-state index is 12.9. The number of aliphatic hydroxyl groups is 2. The van der Waals surface area contributed by atoms with Gasteiger partial charge in [0.05, 0.1) is 27.2 Å². The van der Waals surface area contributed by atoms with Crippen LogP contribution in [0, 0.1) is 0 Å². The monoisotopic (exact) mass is 673 g/mol. The van der Waals surface area contributed by atoms with Crippen molar-refractivity contribution in [2.75, 3.05) is 26.1 Å². The van der Waals surface area contributed by atoms with E-state index in [-0.39, 0.29) is 18.3 Å². The van der Waals surface area contributed by atoms with E-state index >= 15 is 0 Å². The molecule has 12 nitrogen and oxygen atoms in total. The van der Waals surface area contributed by atoms with E-state index in [2.05, 4.69) is 20.3 Å². The van der Waals surface area contributed by atoms with E-state index in [9.17, 15) is 15.0 Å². The number of nitrogens with zero attached hydrogens (tertiary/aromatic N) is 4. The number of fused-ring (bicyclic) bond motifs is 1. The second-order valence-corrected chi connectivity index (χ2v) is 11.7. The van der Waals surface area contributed by atoms with Crippen LogP contribution in [0.5, 0.6) is 11.5 Å². The van der Waals surface area contributed by atoms with Crippen LogP contribution < -0.4 is 14.8 Å². The summed E-state index contributed by atoms with van der Waals surface area (Å²) in [7, 11) is 3.22. The molecule has 0 aliphatic carbocycles. The molecule has 2 aromatic heterocycles. The van der Waals surface area contributed by atoms with Crippen LogP contribution in [-0.2, 0) is 15.1 Å². The van der Waals surface area contributed by atoms with E-state index in [0.717, 1.165) is 16.7 Å². The summed E-state index contributed by atoms with van der Waals surface area (Å²) in [6.45, 7) is -0.109. The Morgan fingerprint density at radius 2 is 1.36 bits per heavy atom. The van der Waals surface area contributed by atoms with Crippen molar-refractivity contribution in [2.24, 2.45) is 0 Å². The Labute approximate surface area is 287 Å². The Bertz CT molecular complexity index is 2010. The highest BCUT2D eigenvalue weighted by Gasteiger charge is 2.47. The first kappa shape index (κ1) is 32.9. The lowest BCUT2D eigenvalue weighted by Crippen LogP contribution is -2.39. The molecule has 1 aliphatic heterocycles. The molecule has 1 saturated heterocycles. The van der Waals surface area contributed by atoms with E-state index in [1.165, 1.54) is 17.2 Å². The Balaban J connectivity index is 1.20. The standard InChI is InChI=1S/C38H35N5O7/c1-47-28-17-13-26(14-18-28)38(25-11-7-4-8-12-25,27-15-19-29(48-2)20-16-27)49-21-30-32(44)33(45)37(50-30)43-23-41-31-34(39-22-40-35(31)43)42-36(46)24-9-5-3-6-10-24/h3-20,22-23,30,32-33,37,44-45H,21H2,1-2H3,(H,39,40,42,46)/t30-,32?,33+,37-/m1/s1. The van der Waals surface area contributed by atoms with E-state index in [1.807, 2.05) is 84.9 Å². The van der Waals surface area contributed by atoms with Gasteiger partial charge in [-0.15, -0.1) is 0 Å². The van der Waals surface area contributed by atoms with Gasteiger partial charge in [-0.1, -0.05) is 72.8 Å². The van der Waals surface area contributed by atoms with Gasteiger partial charge in [-0.05, 0) is 53.1 Å². The molecule has 6 aromatic rings. The summed E-state index contributed by atoms with van der Waals surface area (Å²) in [5, 5.41) is 25.4. The molecular weight excluding hydrogens is 638 g/mol. The molecule has 3 heterocycles. The third kappa shape index (κ3) is 6.05. The fourth-order valence-electron chi connectivity index (χ4n) is 6.28.